The SMILES string of the molecule is COCC(C)CN1C(=O)CNC1c1cccs1. The van der Waals surface area contributed by atoms with Crippen molar-refractivity contribution in [3.05, 3.63) is 22.4 Å². The molecule has 0 bridgehead atoms. The number of hydrogen-bond donors (Lipinski definition) is 1. The van der Waals surface area contributed by atoms with Crippen LogP contribution >= 0.6 is 11.3 Å². The van der Waals surface area contributed by atoms with Crippen LogP contribution in [-0.4, -0.2) is 37.6 Å². The normalized spacial score (nSPS) is 22.1. The van der Waals surface area contributed by atoms with E-state index in [1.807, 2.05) is 16.3 Å². The van der Waals surface area contributed by atoms with Crippen molar-refractivity contribution in [3.8, 4) is 0 Å². The smallest absolute Gasteiger partial charge is 0.238 e. The fourth-order valence-corrected chi connectivity index (χ4v) is 2.93. The van der Waals surface area contributed by atoms with Crippen molar-refractivity contribution in [2.75, 3.05) is 26.8 Å². The summed E-state index contributed by atoms with van der Waals surface area (Å²) in [5.74, 6) is 0.526. The molecule has 1 aliphatic rings. The molecular formula is C12H18N2O2S. The van der Waals surface area contributed by atoms with Crippen LogP contribution in [0.2, 0.25) is 0 Å². The molecule has 5 heteroatoms. The van der Waals surface area contributed by atoms with Crippen molar-refractivity contribution >= 4 is 17.2 Å². The molecule has 1 amide bonds. The second-order valence-corrected chi connectivity index (χ2v) is 5.38. The van der Waals surface area contributed by atoms with Crippen molar-refractivity contribution in [3.63, 3.8) is 0 Å². The molecule has 0 spiro atoms. The highest BCUT2D eigenvalue weighted by Gasteiger charge is 2.32. The van der Waals surface area contributed by atoms with Gasteiger partial charge in [-0.15, -0.1) is 11.3 Å². The molecule has 1 aliphatic heterocycles. The highest BCUT2D eigenvalue weighted by atomic mass is 32.1. The van der Waals surface area contributed by atoms with E-state index in [9.17, 15) is 4.79 Å². The van der Waals surface area contributed by atoms with E-state index in [4.69, 9.17) is 4.74 Å². The van der Waals surface area contributed by atoms with Gasteiger partial charge in [0.2, 0.25) is 5.91 Å². The van der Waals surface area contributed by atoms with Crippen LogP contribution in [0.4, 0.5) is 0 Å². The largest absolute Gasteiger partial charge is 0.384 e. The first-order valence-corrected chi connectivity index (χ1v) is 6.65. The minimum Gasteiger partial charge on any atom is -0.384 e. The van der Waals surface area contributed by atoms with E-state index in [0.29, 0.717) is 19.1 Å². The number of rotatable bonds is 5. The number of carbonyl (C=O) groups excluding carboxylic acids is 1. The Kier molecular flexibility index (Phi) is 4.15. The summed E-state index contributed by atoms with van der Waals surface area (Å²) < 4.78 is 5.12. The zero-order chi connectivity index (χ0) is 12.3. The van der Waals surface area contributed by atoms with Crippen molar-refractivity contribution in [1.82, 2.24) is 10.2 Å². The molecular weight excluding hydrogens is 236 g/mol. The Morgan fingerprint density at radius 2 is 2.53 bits per heavy atom. The lowest BCUT2D eigenvalue weighted by Gasteiger charge is -2.26. The van der Waals surface area contributed by atoms with Gasteiger partial charge in [-0.25, -0.2) is 0 Å². The number of nitrogens with zero attached hydrogens (tertiary/aromatic N) is 1. The van der Waals surface area contributed by atoms with Crippen molar-refractivity contribution in [1.29, 1.82) is 0 Å². The monoisotopic (exact) mass is 254 g/mol. The first-order chi connectivity index (χ1) is 8.22. The van der Waals surface area contributed by atoms with E-state index in [2.05, 4.69) is 18.3 Å². The highest BCUT2D eigenvalue weighted by molar-refractivity contribution is 7.10. The van der Waals surface area contributed by atoms with E-state index in [1.54, 1.807) is 18.4 Å². The molecule has 0 aromatic carbocycles. The van der Waals surface area contributed by atoms with Gasteiger partial charge in [0.15, 0.2) is 0 Å². The average molecular weight is 254 g/mol. The van der Waals surface area contributed by atoms with Crippen LogP contribution in [0, 0.1) is 5.92 Å². The van der Waals surface area contributed by atoms with Gasteiger partial charge in [-0.2, -0.15) is 0 Å². The summed E-state index contributed by atoms with van der Waals surface area (Å²) in [6, 6.07) is 4.08. The number of hydrogen-bond acceptors (Lipinski definition) is 4. The Morgan fingerprint density at radius 3 is 3.18 bits per heavy atom. The molecule has 2 unspecified atom stereocenters. The molecule has 0 saturated carbocycles. The van der Waals surface area contributed by atoms with Crippen LogP contribution in [0.25, 0.3) is 0 Å². The molecule has 2 rings (SSSR count). The van der Waals surface area contributed by atoms with Gasteiger partial charge in [0.05, 0.1) is 13.2 Å². The third-order valence-corrected chi connectivity index (χ3v) is 3.78. The molecule has 17 heavy (non-hydrogen) atoms. The van der Waals surface area contributed by atoms with Crippen LogP contribution in [0.1, 0.15) is 18.0 Å². The van der Waals surface area contributed by atoms with Gasteiger partial charge in [-0.3, -0.25) is 10.1 Å². The highest BCUT2D eigenvalue weighted by Crippen LogP contribution is 2.26. The number of nitrogens with one attached hydrogen (secondary N) is 1. The fourth-order valence-electron chi connectivity index (χ4n) is 2.12. The Balaban J connectivity index is 2.04. The van der Waals surface area contributed by atoms with Crippen molar-refractivity contribution < 1.29 is 9.53 Å². The van der Waals surface area contributed by atoms with E-state index in [0.717, 1.165) is 6.54 Å². The van der Waals surface area contributed by atoms with Crippen molar-refractivity contribution in [2.24, 2.45) is 5.92 Å². The maximum atomic E-state index is 11.8. The third-order valence-electron chi connectivity index (χ3n) is 2.85. The Labute approximate surface area is 106 Å². The standard InChI is InChI=1S/C12H18N2O2S/c1-9(8-16-2)7-14-11(15)6-13-12(14)10-4-3-5-17-10/h3-5,9,12-13H,6-8H2,1-2H3. The summed E-state index contributed by atoms with van der Waals surface area (Å²) in [7, 11) is 1.69. The minimum absolute atomic E-state index is 0.0433. The summed E-state index contributed by atoms with van der Waals surface area (Å²) in [6.07, 6.45) is 0.0433. The summed E-state index contributed by atoms with van der Waals surface area (Å²) >= 11 is 1.68. The maximum Gasteiger partial charge on any atom is 0.238 e. The number of ether oxygens (including phenoxy) is 1. The van der Waals surface area contributed by atoms with Crippen molar-refractivity contribution in [2.45, 2.75) is 13.1 Å². The first-order valence-electron chi connectivity index (χ1n) is 5.77. The van der Waals surface area contributed by atoms with Crippen LogP contribution in [0.15, 0.2) is 17.5 Å². The van der Waals surface area contributed by atoms with Gasteiger partial charge in [0.25, 0.3) is 0 Å². The maximum absolute atomic E-state index is 11.8. The number of thiophene rings is 1. The molecule has 2 atom stereocenters. The van der Waals surface area contributed by atoms with Crippen LogP contribution < -0.4 is 5.32 Å². The fraction of sp³-hybridized carbons (Fsp3) is 0.583. The van der Waals surface area contributed by atoms with Crippen LogP contribution in [-0.2, 0) is 9.53 Å². The molecule has 4 nitrogen and oxygen atoms in total. The van der Waals surface area contributed by atoms with E-state index < -0.39 is 0 Å². The lowest BCUT2D eigenvalue weighted by atomic mass is 10.2. The molecule has 94 valence electrons. The van der Waals surface area contributed by atoms with Gasteiger partial charge in [-0.05, 0) is 17.4 Å². The number of methoxy groups -OCH3 is 1. The van der Waals surface area contributed by atoms with E-state index in [1.165, 1.54) is 4.88 Å². The number of carbonyl (C=O) groups is 1. The molecule has 2 heterocycles. The van der Waals surface area contributed by atoms with E-state index >= 15 is 0 Å². The quantitative estimate of drug-likeness (QED) is 0.865. The minimum atomic E-state index is 0.0433. The summed E-state index contributed by atoms with van der Waals surface area (Å²) in [4.78, 5) is 15.0. The predicted octanol–water partition coefficient (Wildman–Crippen LogP) is 1.46. The Morgan fingerprint density at radius 1 is 1.71 bits per heavy atom. The number of amides is 1. The predicted molar refractivity (Wildman–Crippen MR) is 67.8 cm³/mol. The average Bonchev–Trinajstić information content (AvgIpc) is 2.90. The summed E-state index contributed by atoms with van der Waals surface area (Å²) in [5.41, 5.74) is 0. The molecule has 1 fully saturated rings. The first kappa shape index (κ1) is 12.5. The van der Waals surface area contributed by atoms with Crippen LogP contribution in [0.5, 0.6) is 0 Å². The Hall–Kier alpha value is -0.910. The topological polar surface area (TPSA) is 41.6 Å². The van der Waals surface area contributed by atoms with Gasteiger partial charge >= 0.3 is 0 Å². The lowest BCUT2D eigenvalue weighted by molar-refractivity contribution is -0.128. The van der Waals surface area contributed by atoms with E-state index in [-0.39, 0.29) is 12.1 Å². The summed E-state index contributed by atoms with van der Waals surface area (Å²) in [5, 5.41) is 5.29. The van der Waals surface area contributed by atoms with Gasteiger partial charge in [0.1, 0.15) is 6.17 Å². The molecule has 0 aliphatic carbocycles. The molecule has 1 N–H and O–H groups in total. The molecule has 1 saturated heterocycles. The third kappa shape index (κ3) is 2.86. The van der Waals surface area contributed by atoms with Crippen LogP contribution in [0.3, 0.4) is 0 Å². The summed E-state index contributed by atoms with van der Waals surface area (Å²) in [6.45, 7) is 3.95. The van der Waals surface area contributed by atoms with Gasteiger partial charge < -0.3 is 9.64 Å². The molecule has 1 aromatic heterocycles. The zero-order valence-electron chi connectivity index (χ0n) is 10.2. The zero-order valence-corrected chi connectivity index (χ0v) is 11.0. The molecule has 0 radical (unpaired) electrons. The second kappa shape index (κ2) is 5.62. The van der Waals surface area contributed by atoms with Gasteiger partial charge in [-0.1, -0.05) is 13.0 Å². The second-order valence-electron chi connectivity index (χ2n) is 4.41. The lowest BCUT2D eigenvalue weighted by Crippen LogP contribution is -2.34. The Bertz CT molecular complexity index is 367. The van der Waals surface area contributed by atoms with Gasteiger partial charge in [0, 0.05) is 18.5 Å². The molecule has 1 aromatic rings.